The lowest BCUT2D eigenvalue weighted by Crippen LogP contribution is -2.08. The molecule has 0 fully saturated rings. The first-order valence-electron chi connectivity index (χ1n) is 9.13. The number of hydrogen-bond acceptors (Lipinski definition) is 2. The van der Waals surface area contributed by atoms with Gasteiger partial charge in [-0.1, -0.05) is 57.4 Å². The highest BCUT2D eigenvalue weighted by Crippen LogP contribution is 2.16. The lowest BCUT2D eigenvalue weighted by atomic mass is 10.1. The van der Waals surface area contributed by atoms with E-state index in [0.717, 1.165) is 12.8 Å². The van der Waals surface area contributed by atoms with Gasteiger partial charge in [0.2, 0.25) is 0 Å². The highest BCUT2D eigenvalue weighted by Gasteiger charge is 2.08. The predicted molar refractivity (Wildman–Crippen MR) is 99.7 cm³/mol. The Labute approximate surface area is 145 Å². The van der Waals surface area contributed by atoms with Crippen LogP contribution in [0.3, 0.4) is 0 Å². The van der Waals surface area contributed by atoms with Crippen LogP contribution in [-0.4, -0.2) is 5.97 Å². The lowest BCUT2D eigenvalue weighted by molar-refractivity contribution is 0.0734. The first-order chi connectivity index (χ1) is 11.7. The SMILES string of the molecule is CCCCCc1ccc(OC(=O)c2ccc(CCCC)cc2)cc1. The maximum Gasteiger partial charge on any atom is 0.343 e. The van der Waals surface area contributed by atoms with Crippen LogP contribution in [0.15, 0.2) is 48.5 Å². The van der Waals surface area contributed by atoms with Gasteiger partial charge >= 0.3 is 5.97 Å². The van der Waals surface area contributed by atoms with E-state index in [2.05, 4.69) is 13.8 Å². The van der Waals surface area contributed by atoms with Crippen molar-refractivity contribution in [2.45, 2.75) is 58.8 Å². The predicted octanol–water partition coefficient (Wildman–Crippen LogP) is 5.98. The van der Waals surface area contributed by atoms with Gasteiger partial charge in [0, 0.05) is 0 Å². The number of hydrogen-bond donors (Lipinski definition) is 0. The molecule has 2 rings (SSSR count). The molecule has 0 aliphatic rings. The molecule has 0 heterocycles. The second-order valence-corrected chi connectivity index (χ2v) is 6.29. The van der Waals surface area contributed by atoms with Crippen molar-refractivity contribution in [3.8, 4) is 5.75 Å². The molecule has 128 valence electrons. The Morgan fingerprint density at radius 2 is 1.29 bits per heavy atom. The second kappa shape index (κ2) is 9.92. The minimum atomic E-state index is -0.296. The summed E-state index contributed by atoms with van der Waals surface area (Å²) in [5.74, 6) is 0.310. The standard InChI is InChI=1S/C22H28O2/c1-3-5-7-9-19-12-16-21(17-13-19)24-22(23)20-14-10-18(11-15-20)8-6-4-2/h10-17H,3-9H2,1-2H3. The highest BCUT2D eigenvalue weighted by atomic mass is 16.5. The Bertz CT molecular complexity index is 611. The zero-order chi connectivity index (χ0) is 17.2. The molecule has 24 heavy (non-hydrogen) atoms. The fourth-order valence-electron chi connectivity index (χ4n) is 2.66. The molecule has 0 bridgehead atoms. The van der Waals surface area contributed by atoms with Gasteiger partial charge in [0.15, 0.2) is 0 Å². The van der Waals surface area contributed by atoms with Crippen molar-refractivity contribution < 1.29 is 9.53 Å². The molecular weight excluding hydrogens is 296 g/mol. The zero-order valence-electron chi connectivity index (χ0n) is 14.9. The largest absolute Gasteiger partial charge is 0.423 e. The topological polar surface area (TPSA) is 26.3 Å². The van der Waals surface area contributed by atoms with Crippen molar-refractivity contribution >= 4 is 5.97 Å². The number of rotatable bonds is 9. The molecule has 2 aromatic carbocycles. The summed E-state index contributed by atoms with van der Waals surface area (Å²) in [7, 11) is 0. The third-order valence-electron chi connectivity index (χ3n) is 4.21. The van der Waals surface area contributed by atoms with Crippen molar-refractivity contribution in [2.75, 3.05) is 0 Å². The van der Waals surface area contributed by atoms with Crippen molar-refractivity contribution in [2.24, 2.45) is 0 Å². The molecule has 0 aliphatic heterocycles. The molecule has 0 unspecified atom stereocenters. The minimum Gasteiger partial charge on any atom is -0.423 e. The Morgan fingerprint density at radius 3 is 1.88 bits per heavy atom. The molecule has 2 heteroatoms. The van der Waals surface area contributed by atoms with Gasteiger partial charge in [0.25, 0.3) is 0 Å². The Balaban J connectivity index is 1.89. The average molecular weight is 324 g/mol. The van der Waals surface area contributed by atoms with E-state index < -0.39 is 0 Å². The van der Waals surface area contributed by atoms with Crippen LogP contribution in [0.2, 0.25) is 0 Å². The molecule has 0 radical (unpaired) electrons. The van der Waals surface area contributed by atoms with Gasteiger partial charge in [-0.2, -0.15) is 0 Å². The molecule has 0 aliphatic carbocycles. The van der Waals surface area contributed by atoms with E-state index in [0.29, 0.717) is 11.3 Å². The normalized spacial score (nSPS) is 10.6. The van der Waals surface area contributed by atoms with Gasteiger partial charge < -0.3 is 4.74 Å². The summed E-state index contributed by atoms with van der Waals surface area (Å²) in [5, 5.41) is 0. The Hall–Kier alpha value is -2.09. The van der Waals surface area contributed by atoms with E-state index in [1.54, 1.807) is 0 Å². The summed E-state index contributed by atoms with van der Waals surface area (Å²) in [5.41, 5.74) is 3.16. The van der Waals surface area contributed by atoms with E-state index in [9.17, 15) is 4.79 Å². The van der Waals surface area contributed by atoms with Crippen LogP contribution in [0, 0.1) is 0 Å². The van der Waals surface area contributed by atoms with Crippen LogP contribution in [0.4, 0.5) is 0 Å². The van der Waals surface area contributed by atoms with E-state index >= 15 is 0 Å². The summed E-state index contributed by atoms with van der Waals surface area (Å²) in [6.07, 6.45) is 8.19. The minimum absolute atomic E-state index is 0.296. The van der Waals surface area contributed by atoms with Crippen molar-refractivity contribution in [1.82, 2.24) is 0 Å². The third-order valence-corrected chi connectivity index (χ3v) is 4.21. The van der Waals surface area contributed by atoms with Gasteiger partial charge in [-0.25, -0.2) is 4.79 Å². The van der Waals surface area contributed by atoms with Crippen LogP contribution in [0.5, 0.6) is 5.75 Å². The molecule has 2 aromatic rings. The fourth-order valence-corrected chi connectivity index (χ4v) is 2.66. The van der Waals surface area contributed by atoms with Crippen LogP contribution in [-0.2, 0) is 12.8 Å². The van der Waals surface area contributed by atoms with E-state index in [4.69, 9.17) is 4.74 Å². The van der Waals surface area contributed by atoms with Gasteiger partial charge in [0.1, 0.15) is 5.75 Å². The summed E-state index contributed by atoms with van der Waals surface area (Å²) < 4.78 is 5.46. The van der Waals surface area contributed by atoms with E-state index in [-0.39, 0.29) is 5.97 Å². The summed E-state index contributed by atoms with van der Waals surface area (Å²) >= 11 is 0. The van der Waals surface area contributed by atoms with E-state index in [1.165, 1.54) is 43.2 Å². The number of unbranched alkanes of at least 4 members (excludes halogenated alkanes) is 3. The summed E-state index contributed by atoms with van der Waals surface area (Å²) in [6.45, 7) is 4.39. The van der Waals surface area contributed by atoms with Crippen LogP contribution in [0.1, 0.15) is 67.4 Å². The number of ether oxygens (including phenoxy) is 1. The number of carbonyl (C=O) groups excluding carboxylic acids is 1. The highest BCUT2D eigenvalue weighted by molar-refractivity contribution is 5.91. The third kappa shape index (κ3) is 5.84. The fraction of sp³-hybridized carbons (Fsp3) is 0.409. The molecule has 0 atom stereocenters. The van der Waals surface area contributed by atoms with Crippen LogP contribution >= 0.6 is 0 Å². The maximum absolute atomic E-state index is 12.2. The first-order valence-corrected chi connectivity index (χ1v) is 9.13. The summed E-state index contributed by atoms with van der Waals surface area (Å²) in [4.78, 5) is 12.2. The number of esters is 1. The van der Waals surface area contributed by atoms with Crippen LogP contribution < -0.4 is 4.74 Å². The second-order valence-electron chi connectivity index (χ2n) is 6.29. The number of benzene rings is 2. The van der Waals surface area contributed by atoms with Gasteiger partial charge in [-0.05, 0) is 61.1 Å². The number of aryl methyl sites for hydroxylation is 2. The van der Waals surface area contributed by atoms with Crippen molar-refractivity contribution in [3.63, 3.8) is 0 Å². The molecule has 0 saturated carbocycles. The molecule has 2 nitrogen and oxygen atoms in total. The van der Waals surface area contributed by atoms with Gasteiger partial charge in [0.05, 0.1) is 5.56 Å². The number of carbonyl (C=O) groups is 1. The van der Waals surface area contributed by atoms with Crippen LogP contribution in [0.25, 0.3) is 0 Å². The zero-order valence-corrected chi connectivity index (χ0v) is 14.9. The van der Waals surface area contributed by atoms with Gasteiger partial charge in [-0.3, -0.25) is 0 Å². The molecule has 0 spiro atoms. The maximum atomic E-state index is 12.2. The Kier molecular flexibility index (Phi) is 7.54. The smallest absolute Gasteiger partial charge is 0.343 e. The lowest BCUT2D eigenvalue weighted by Gasteiger charge is -2.07. The first kappa shape index (κ1) is 18.3. The monoisotopic (exact) mass is 324 g/mol. The molecule has 0 aromatic heterocycles. The molecule has 0 N–H and O–H groups in total. The Morgan fingerprint density at radius 1 is 0.750 bits per heavy atom. The molecular formula is C22H28O2. The molecule has 0 amide bonds. The van der Waals surface area contributed by atoms with E-state index in [1.807, 2.05) is 48.5 Å². The van der Waals surface area contributed by atoms with Gasteiger partial charge in [-0.15, -0.1) is 0 Å². The average Bonchev–Trinajstić information content (AvgIpc) is 2.62. The van der Waals surface area contributed by atoms with Crippen molar-refractivity contribution in [3.05, 3.63) is 65.2 Å². The summed E-state index contributed by atoms with van der Waals surface area (Å²) in [6, 6.07) is 15.6. The quantitative estimate of drug-likeness (QED) is 0.322. The molecule has 0 saturated heterocycles. The van der Waals surface area contributed by atoms with Crippen molar-refractivity contribution in [1.29, 1.82) is 0 Å².